The van der Waals surface area contributed by atoms with E-state index >= 15 is 0 Å². The van der Waals surface area contributed by atoms with Crippen molar-refractivity contribution < 1.29 is 23.8 Å². The summed E-state index contributed by atoms with van der Waals surface area (Å²) < 4.78 is 17.2. The summed E-state index contributed by atoms with van der Waals surface area (Å²) in [6.07, 6.45) is 1.85. The summed E-state index contributed by atoms with van der Waals surface area (Å²) in [6, 6.07) is 15.1. The maximum atomic E-state index is 14.0. The molecule has 1 atom stereocenters. The first kappa shape index (κ1) is 28.5. The van der Waals surface area contributed by atoms with Crippen LogP contribution in [0.3, 0.4) is 0 Å². The number of rotatable bonds is 9. The molecular weight excluding hydrogens is 538 g/mol. The number of nitrogens with zero attached hydrogens (tertiary/aromatic N) is 1. The molecular formula is C32H37N3O5S. The van der Waals surface area contributed by atoms with Crippen molar-refractivity contribution >= 4 is 34.4 Å². The molecule has 2 aliphatic rings. The molecule has 41 heavy (non-hydrogen) atoms. The Morgan fingerprint density at radius 2 is 1.80 bits per heavy atom. The molecule has 0 saturated heterocycles. The summed E-state index contributed by atoms with van der Waals surface area (Å²) in [5, 5.41) is 8.71. The van der Waals surface area contributed by atoms with E-state index in [9.17, 15) is 9.59 Å². The Kier molecular flexibility index (Phi) is 8.26. The molecule has 2 heterocycles. The van der Waals surface area contributed by atoms with Crippen molar-refractivity contribution in [1.29, 1.82) is 0 Å². The minimum atomic E-state index is -0.609. The molecule has 216 valence electrons. The number of carbonyl (C=O) groups excluding carboxylic acids is 2. The lowest BCUT2D eigenvalue weighted by Crippen LogP contribution is -2.42. The van der Waals surface area contributed by atoms with Gasteiger partial charge in [0, 0.05) is 34.7 Å². The molecule has 1 aliphatic heterocycles. The molecule has 0 radical (unpaired) electrons. The molecule has 8 nitrogen and oxygen atoms in total. The zero-order chi connectivity index (χ0) is 29.1. The normalized spacial score (nSPS) is 17.6. The number of anilines is 2. The van der Waals surface area contributed by atoms with Crippen LogP contribution in [0.15, 0.2) is 65.2 Å². The van der Waals surface area contributed by atoms with Gasteiger partial charge in [-0.15, -0.1) is 11.3 Å². The number of fused-ring (bicyclic) bond motifs is 1. The van der Waals surface area contributed by atoms with E-state index in [1.165, 1.54) is 4.88 Å². The number of Topliss-reactive ketones (excluding diaryl/α,β-unsaturated/α-hetero) is 1. The maximum Gasteiger partial charge on any atom is 0.239 e. The minimum Gasteiger partial charge on any atom is -0.493 e. The average Bonchev–Trinajstić information content (AvgIpc) is 3.42. The smallest absolute Gasteiger partial charge is 0.239 e. The Bertz CT molecular complexity index is 1460. The number of hydrogen-bond acceptors (Lipinski definition) is 8. The highest BCUT2D eigenvalue weighted by Gasteiger charge is 2.43. The van der Waals surface area contributed by atoms with E-state index in [0.29, 0.717) is 42.2 Å². The number of allylic oxidation sites excluding steroid dienone is 1. The molecule has 2 aromatic carbocycles. The van der Waals surface area contributed by atoms with Gasteiger partial charge in [-0.3, -0.25) is 9.59 Å². The first-order chi connectivity index (χ1) is 19.8. The molecule has 0 spiro atoms. The Balaban J connectivity index is 1.64. The van der Waals surface area contributed by atoms with Gasteiger partial charge < -0.3 is 29.7 Å². The lowest BCUT2D eigenvalue weighted by Gasteiger charge is -2.38. The summed E-state index contributed by atoms with van der Waals surface area (Å²) >= 11 is 1.67. The van der Waals surface area contributed by atoms with Crippen LogP contribution in [0.4, 0.5) is 11.4 Å². The predicted molar refractivity (Wildman–Crippen MR) is 162 cm³/mol. The predicted octanol–water partition coefficient (Wildman–Crippen LogP) is 5.75. The fourth-order valence-corrected chi connectivity index (χ4v) is 6.59. The summed E-state index contributed by atoms with van der Waals surface area (Å²) in [7, 11) is 4.71. The lowest BCUT2D eigenvalue weighted by molar-refractivity contribution is -0.120. The van der Waals surface area contributed by atoms with E-state index < -0.39 is 6.04 Å². The van der Waals surface area contributed by atoms with Crippen LogP contribution >= 0.6 is 11.3 Å². The third kappa shape index (κ3) is 5.77. The van der Waals surface area contributed by atoms with Gasteiger partial charge in [0.25, 0.3) is 0 Å². The molecule has 9 heteroatoms. The van der Waals surface area contributed by atoms with E-state index in [-0.39, 0.29) is 23.7 Å². The minimum absolute atomic E-state index is 0.0404. The number of ketones is 1. The molecule has 0 fully saturated rings. The largest absolute Gasteiger partial charge is 0.493 e. The zero-order valence-electron chi connectivity index (χ0n) is 24.2. The van der Waals surface area contributed by atoms with E-state index in [2.05, 4.69) is 30.5 Å². The van der Waals surface area contributed by atoms with Crippen LogP contribution in [0.2, 0.25) is 0 Å². The van der Waals surface area contributed by atoms with Gasteiger partial charge in [0.05, 0.1) is 45.3 Å². The number of methoxy groups -OCH3 is 3. The first-order valence-corrected chi connectivity index (χ1v) is 14.6. The van der Waals surface area contributed by atoms with Crippen molar-refractivity contribution in [3.8, 4) is 17.2 Å². The Morgan fingerprint density at radius 1 is 1.02 bits per heavy atom. The standard InChI is InChI=1S/C32H37N3O5S/c1-32(2)17-23-28(25(36)18-32)29(21-12-13-26(38-3)31(40-5)30(21)39-4)35(24-11-7-6-10-22(24)34-23)19-27(37)33-15-14-20-9-8-16-41-20/h6-13,16,29,34H,14-15,17-19H2,1-5H3,(H,33,37). The van der Waals surface area contributed by atoms with Gasteiger partial charge in [0.15, 0.2) is 17.3 Å². The number of hydrogen-bond donors (Lipinski definition) is 2. The number of carbonyl (C=O) groups is 2. The fraction of sp³-hybridized carbons (Fsp3) is 0.375. The van der Waals surface area contributed by atoms with Crippen molar-refractivity contribution in [3.05, 3.63) is 75.6 Å². The Labute approximate surface area is 245 Å². The highest BCUT2D eigenvalue weighted by molar-refractivity contribution is 7.09. The number of nitrogens with one attached hydrogen (secondary N) is 2. The third-order valence-electron chi connectivity index (χ3n) is 7.62. The fourth-order valence-electron chi connectivity index (χ4n) is 5.88. The van der Waals surface area contributed by atoms with Crippen molar-refractivity contribution in [2.75, 3.05) is 44.6 Å². The molecule has 0 saturated carbocycles. The lowest BCUT2D eigenvalue weighted by atomic mass is 9.73. The Morgan fingerprint density at radius 3 is 2.51 bits per heavy atom. The molecule has 3 aromatic rings. The van der Waals surface area contributed by atoms with Crippen LogP contribution in [-0.2, 0) is 16.0 Å². The average molecular weight is 576 g/mol. The van der Waals surface area contributed by atoms with Gasteiger partial charge in [-0.2, -0.15) is 0 Å². The maximum absolute atomic E-state index is 14.0. The van der Waals surface area contributed by atoms with Crippen LogP contribution in [0.5, 0.6) is 17.2 Å². The van der Waals surface area contributed by atoms with E-state index in [0.717, 1.165) is 29.1 Å². The van der Waals surface area contributed by atoms with Gasteiger partial charge in [-0.1, -0.05) is 32.0 Å². The summed E-state index contributed by atoms with van der Waals surface area (Å²) in [5.41, 5.74) is 3.68. The van der Waals surface area contributed by atoms with Crippen LogP contribution < -0.4 is 29.7 Å². The van der Waals surface area contributed by atoms with Crippen molar-refractivity contribution in [2.45, 2.75) is 39.2 Å². The zero-order valence-corrected chi connectivity index (χ0v) is 25.0. The molecule has 1 aromatic heterocycles. The van der Waals surface area contributed by atoms with E-state index in [4.69, 9.17) is 14.2 Å². The quantitative estimate of drug-likeness (QED) is 0.336. The number of amides is 1. The van der Waals surface area contributed by atoms with Crippen molar-refractivity contribution in [2.24, 2.45) is 5.41 Å². The van der Waals surface area contributed by atoms with Crippen LogP contribution in [0.1, 0.15) is 43.2 Å². The second kappa shape index (κ2) is 11.9. The van der Waals surface area contributed by atoms with E-state index in [1.54, 1.807) is 32.7 Å². The summed E-state index contributed by atoms with van der Waals surface area (Å²) in [5.74, 6) is 1.33. The van der Waals surface area contributed by atoms with Gasteiger partial charge in [0.2, 0.25) is 11.7 Å². The first-order valence-electron chi connectivity index (χ1n) is 13.7. The number of benzene rings is 2. The van der Waals surface area contributed by atoms with Gasteiger partial charge in [0.1, 0.15) is 0 Å². The highest BCUT2D eigenvalue weighted by atomic mass is 32.1. The second-order valence-corrected chi connectivity index (χ2v) is 12.1. The molecule has 2 N–H and O–H groups in total. The molecule has 1 amide bonds. The molecule has 5 rings (SSSR count). The SMILES string of the molecule is COc1ccc(C2C3=C(CC(C)(C)CC3=O)Nc3ccccc3N2CC(=O)NCCc2cccs2)c(OC)c1OC. The molecule has 0 bridgehead atoms. The molecule has 1 aliphatic carbocycles. The summed E-state index contributed by atoms with van der Waals surface area (Å²) in [6.45, 7) is 4.78. The second-order valence-electron chi connectivity index (χ2n) is 11.1. The van der Waals surface area contributed by atoms with Crippen LogP contribution in [-0.4, -0.2) is 46.1 Å². The van der Waals surface area contributed by atoms with Gasteiger partial charge in [-0.05, 0) is 54.0 Å². The van der Waals surface area contributed by atoms with Crippen molar-refractivity contribution in [3.63, 3.8) is 0 Å². The third-order valence-corrected chi connectivity index (χ3v) is 8.56. The number of ether oxygens (including phenoxy) is 3. The van der Waals surface area contributed by atoms with E-state index in [1.807, 2.05) is 52.7 Å². The van der Waals surface area contributed by atoms with Crippen LogP contribution in [0, 0.1) is 5.41 Å². The number of thiophene rings is 1. The Hall–Kier alpha value is -3.98. The van der Waals surface area contributed by atoms with Gasteiger partial charge >= 0.3 is 0 Å². The topological polar surface area (TPSA) is 89.1 Å². The molecule has 1 unspecified atom stereocenters. The van der Waals surface area contributed by atoms with Crippen molar-refractivity contribution in [1.82, 2.24) is 5.32 Å². The van der Waals surface area contributed by atoms with Crippen LogP contribution in [0.25, 0.3) is 0 Å². The van der Waals surface area contributed by atoms with Gasteiger partial charge in [-0.25, -0.2) is 0 Å². The monoisotopic (exact) mass is 575 g/mol. The highest BCUT2D eigenvalue weighted by Crippen LogP contribution is 2.52. The number of para-hydroxylation sites is 2. The summed E-state index contributed by atoms with van der Waals surface area (Å²) in [4.78, 5) is 30.8.